The lowest BCUT2D eigenvalue weighted by Crippen LogP contribution is -2.46. The second-order valence-electron chi connectivity index (χ2n) is 5.27. The van der Waals surface area contributed by atoms with E-state index in [1.807, 2.05) is 0 Å². The van der Waals surface area contributed by atoms with Crippen LogP contribution < -0.4 is 0 Å². The van der Waals surface area contributed by atoms with Gasteiger partial charge in [-0.15, -0.1) is 0 Å². The van der Waals surface area contributed by atoms with Gasteiger partial charge in [0.1, 0.15) is 0 Å². The van der Waals surface area contributed by atoms with Gasteiger partial charge in [0.2, 0.25) is 0 Å². The lowest BCUT2D eigenvalue weighted by Gasteiger charge is -2.39. The fourth-order valence-corrected chi connectivity index (χ4v) is 3.21. The van der Waals surface area contributed by atoms with Crippen molar-refractivity contribution in [3.8, 4) is 0 Å². The van der Waals surface area contributed by atoms with Gasteiger partial charge in [0.25, 0.3) is 0 Å². The molecule has 0 aliphatic carbocycles. The number of hydrogen-bond acceptors (Lipinski definition) is 2. The van der Waals surface area contributed by atoms with Crippen LogP contribution in [0.25, 0.3) is 0 Å². The van der Waals surface area contributed by atoms with Crippen molar-refractivity contribution in [3.05, 3.63) is 70.2 Å². The number of benzene rings is 2. The predicted molar refractivity (Wildman–Crippen MR) is 79.6 cm³/mol. The third kappa shape index (κ3) is 2.02. The van der Waals surface area contributed by atoms with Crippen LogP contribution in [0.5, 0.6) is 0 Å². The summed E-state index contributed by atoms with van der Waals surface area (Å²) in [6.45, 7) is 2.33. The Balaban J connectivity index is 1.73. The van der Waals surface area contributed by atoms with E-state index in [1.165, 1.54) is 17.7 Å². The highest BCUT2D eigenvalue weighted by molar-refractivity contribution is 9.10. The molecule has 2 nitrogen and oxygen atoms in total. The highest BCUT2D eigenvalue weighted by atomic mass is 79.9. The van der Waals surface area contributed by atoms with Gasteiger partial charge in [0.05, 0.1) is 18.9 Å². The Morgan fingerprint density at radius 2 is 1.63 bits per heavy atom. The molecule has 0 radical (unpaired) electrons. The van der Waals surface area contributed by atoms with Crippen molar-refractivity contribution in [1.29, 1.82) is 0 Å². The van der Waals surface area contributed by atoms with Gasteiger partial charge in [-0.05, 0) is 23.3 Å². The minimum absolute atomic E-state index is 0.387. The molecule has 2 saturated heterocycles. The highest BCUT2D eigenvalue weighted by Gasteiger charge is 2.52. The van der Waals surface area contributed by atoms with E-state index in [4.69, 9.17) is 0 Å². The van der Waals surface area contributed by atoms with Crippen LogP contribution >= 0.6 is 15.9 Å². The van der Waals surface area contributed by atoms with Gasteiger partial charge in [0, 0.05) is 11.0 Å². The maximum absolute atomic E-state index is 3.52. The van der Waals surface area contributed by atoms with E-state index in [-0.39, 0.29) is 0 Å². The number of nitrogens with zero attached hydrogens (tertiary/aromatic N) is 2. The molecule has 0 amide bonds. The van der Waals surface area contributed by atoms with Crippen LogP contribution in [0.3, 0.4) is 0 Å². The molecule has 0 aromatic heterocycles. The van der Waals surface area contributed by atoms with Crippen molar-refractivity contribution in [2.24, 2.45) is 0 Å². The van der Waals surface area contributed by atoms with Crippen LogP contribution in [0.4, 0.5) is 0 Å². The maximum Gasteiger partial charge on any atom is 0.0784 e. The first kappa shape index (κ1) is 11.6. The lowest BCUT2D eigenvalue weighted by atomic mass is 9.97. The summed E-state index contributed by atoms with van der Waals surface area (Å²) in [4.78, 5) is 5.06. The van der Waals surface area contributed by atoms with Gasteiger partial charge >= 0.3 is 0 Å². The van der Waals surface area contributed by atoms with Crippen LogP contribution in [-0.2, 0) is 0 Å². The highest BCUT2D eigenvalue weighted by Crippen LogP contribution is 2.42. The molecule has 96 valence electrons. The van der Waals surface area contributed by atoms with Gasteiger partial charge in [-0.1, -0.05) is 58.4 Å². The number of halogens is 1. The fourth-order valence-electron chi connectivity index (χ4n) is 2.95. The summed E-state index contributed by atoms with van der Waals surface area (Å²) in [5.41, 5.74) is 2.76. The van der Waals surface area contributed by atoms with Crippen LogP contribution in [0.15, 0.2) is 59.1 Å². The zero-order valence-electron chi connectivity index (χ0n) is 10.5. The molecule has 2 fully saturated rings. The minimum Gasteiger partial charge on any atom is -0.271 e. The van der Waals surface area contributed by atoms with E-state index in [9.17, 15) is 0 Å². The Morgan fingerprint density at radius 1 is 0.947 bits per heavy atom. The first-order valence-electron chi connectivity index (χ1n) is 6.63. The van der Waals surface area contributed by atoms with Crippen LogP contribution in [0, 0.1) is 0 Å². The maximum atomic E-state index is 3.52. The average Bonchev–Trinajstić information content (AvgIpc) is 3.09. The molecule has 0 saturated carbocycles. The molecule has 0 bridgehead atoms. The summed E-state index contributed by atoms with van der Waals surface area (Å²) < 4.78 is 1.14. The van der Waals surface area contributed by atoms with Crippen molar-refractivity contribution in [2.75, 3.05) is 13.2 Å². The quantitative estimate of drug-likeness (QED) is 0.800. The first-order valence-corrected chi connectivity index (χ1v) is 7.42. The van der Waals surface area contributed by atoms with E-state index in [0.29, 0.717) is 12.2 Å². The third-order valence-corrected chi connectivity index (χ3v) is 4.57. The smallest absolute Gasteiger partial charge is 0.0784 e. The van der Waals surface area contributed by atoms with Crippen molar-refractivity contribution in [2.45, 2.75) is 12.2 Å². The van der Waals surface area contributed by atoms with Crippen molar-refractivity contribution >= 4 is 15.9 Å². The Hall–Kier alpha value is -1.16. The van der Waals surface area contributed by atoms with Crippen molar-refractivity contribution in [1.82, 2.24) is 9.80 Å². The molecule has 3 heteroatoms. The normalized spacial score (nSPS) is 26.4. The Labute approximate surface area is 121 Å². The van der Waals surface area contributed by atoms with Crippen molar-refractivity contribution in [3.63, 3.8) is 0 Å². The van der Waals surface area contributed by atoms with Gasteiger partial charge < -0.3 is 0 Å². The van der Waals surface area contributed by atoms with E-state index >= 15 is 0 Å². The summed E-state index contributed by atoms with van der Waals surface area (Å²) in [6, 6.07) is 19.9. The monoisotopic (exact) mass is 314 g/mol. The Morgan fingerprint density at radius 3 is 2.21 bits per heavy atom. The summed E-state index contributed by atoms with van der Waals surface area (Å²) >= 11 is 3.52. The summed E-state index contributed by atoms with van der Waals surface area (Å²) in [6.07, 6.45) is 0.675. The van der Waals surface area contributed by atoms with E-state index in [0.717, 1.165) is 11.1 Å². The topological polar surface area (TPSA) is 6.25 Å². The number of fused-ring (bicyclic) bond motifs is 1. The SMILES string of the molecule is Brc1ccc(C(c2ccccc2)N2CN3CC32)cc1. The zero-order valence-corrected chi connectivity index (χ0v) is 12.1. The molecular formula is C16H15BrN2. The molecule has 2 aliphatic rings. The Bertz CT molecular complexity index is 581. The molecule has 2 aromatic carbocycles. The second kappa shape index (κ2) is 4.44. The molecule has 0 N–H and O–H groups in total. The fraction of sp³-hybridized carbons (Fsp3) is 0.250. The number of rotatable bonds is 3. The number of hydrogen-bond donors (Lipinski definition) is 0. The molecule has 19 heavy (non-hydrogen) atoms. The van der Waals surface area contributed by atoms with E-state index in [1.54, 1.807) is 0 Å². The Kier molecular flexibility index (Phi) is 2.72. The summed E-state index contributed by atoms with van der Waals surface area (Å²) in [5.74, 6) is 0. The molecule has 0 spiro atoms. The molecule has 2 heterocycles. The summed E-state index contributed by atoms with van der Waals surface area (Å²) in [5, 5.41) is 0. The van der Waals surface area contributed by atoms with E-state index in [2.05, 4.69) is 80.3 Å². The molecular weight excluding hydrogens is 300 g/mol. The van der Waals surface area contributed by atoms with E-state index < -0.39 is 0 Å². The molecule has 4 rings (SSSR count). The predicted octanol–water partition coefficient (Wildman–Crippen LogP) is 3.45. The average molecular weight is 315 g/mol. The summed E-state index contributed by atoms with van der Waals surface area (Å²) in [7, 11) is 0. The molecule has 3 unspecified atom stereocenters. The van der Waals surface area contributed by atoms with Gasteiger partial charge in [0.15, 0.2) is 0 Å². The third-order valence-electron chi connectivity index (χ3n) is 4.05. The zero-order chi connectivity index (χ0) is 12.8. The second-order valence-corrected chi connectivity index (χ2v) is 6.19. The molecule has 2 aliphatic heterocycles. The first-order chi connectivity index (χ1) is 9.33. The van der Waals surface area contributed by atoms with Crippen LogP contribution in [0.1, 0.15) is 17.2 Å². The van der Waals surface area contributed by atoms with Crippen LogP contribution in [-0.4, -0.2) is 29.2 Å². The van der Waals surface area contributed by atoms with Gasteiger partial charge in [-0.3, -0.25) is 9.80 Å². The van der Waals surface area contributed by atoms with Crippen LogP contribution in [0.2, 0.25) is 0 Å². The largest absolute Gasteiger partial charge is 0.271 e. The van der Waals surface area contributed by atoms with Gasteiger partial charge in [-0.25, -0.2) is 0 Å². The standard InChI is InChI=1S/C16H15BrN2/c17-14-8-6-13(7-9-14)16(12-4-2-1-3-5-12)19-11-18-10-15(18)19/h1-9,15-16H,10-11H2. The minimum atomic E-state index is 0.387. The van der Waals surface area contributed by atoms with Gasteiger partial charge in [-0.2, -0.15) is 0 Å². The lowest BCUT2D eigenvalue weighted by molar-refractivity contribution is 0.0442. The van der Waals surface area contributed by atoms with Crippen molar-refractivity contribution < 1.29 is 0 Å². The molecule has 3 atom stereocenters. The molecule has 2 aromatic rings.